The number of aromatic nitrogens is 3. The molecular weight excluding hydrogens is 501 g/mol. The molecular formula is C19H32IN7OS. The average Bonchev–Trinajstić information content (AvgIpc) is 3.31. The van der Waals surface area contributed by atoms with E-state index >= 15 is 0 Å². The Balaban J connectivity index is 0.00000420. The zero-order valence-corrected chi connectivity index (χ0v) is 20.8. The van der Waals surface area contributed by atoms with E-state index in [4.69, 9.17) is 0 Å². The van der Waals surface area contributed by atoms with Crippen LogP contribution in [-0.4, -0.2) is 57.7 Å². The topological polar surface area (TPSA) is 87.4 Å². The maximum atomic E-state index is 12.2. The Morgan fingerprint density at radius 1 is 1.24 bits per heavy atom. The fourth-order valence-electron chi connectivity index (χ4n) is 2.69. The number of thiophene rings is 1. The van der Waals surface area contributed by atoms with Gasteiger partial charge in [0.05, 0.1) is 0 Å². The molecule has 2 aromatic rings. The molecule has 10 heteroatoms. The van der Waals surface area contributed by atoms with Crippen LogP contribution in [0.5, 0.6) is 0 Å². The van der Waals surface area contributed by atoms with Gasteiger partial charge in [-0.2, -0.15) is 0 Å². The van der Waals surface area contributed by atoms with Crippen LogP contribution in [-0.2, 0) is 24.8 Å². The second-order valence-electron chi connectivity index (χ2n) is 6.39. The summed E-state index contributed by atoms with van der Waals surface area (Å²) in [7, 11) is 1.93. The highest BCUT2D eigenvalue weighted by Gasteiger charge is 2.10. The van der Waals surface area contributed by atoms with Crippen molar-refractivity contribution in [2.45, 2.75) is 40.2 Å². The molecule has 0 fully saturated rings. The van der Waals surface area contributed by atoms with Crippen LogP contribution in [0.25, 0.3) is 0 Å². The van der Waals surface area contributed by atoms with Crippen molar-refractivity contribution in [3.05, 3.63) is 34.0 Å². The summed E-state index contributed by atoms with van der Waals surface area (Å²) in [5, 5.41) is 16.9. The van der Waals surface area contributed by atoms with Gasteiger partial charge in [0.15, 0.2) is 11.8 Å². The quantitative estimate of drug-likeness (QED) is 0.278. The summed E-state index contributed by atoms with van der Waals surface area (Å²) in [4.78, 5) is 20.0. The molecule has 0 bridgehead atoms. The van der Waals surface area contributed by atoms with E-state index < -0.39 is 0 Å². The maximum absolute atomic E-state index is 12.2. The highest BCUT2D eigenvalue weighted by atomic mass is 127. The lowest BCUT2D eigenvalue weighted by atomic mass is 10.3. The summed E-state index contributed by atoms with van der Waals surface area (Å²) >= 11 is 1.75. The number of carbonyl (C=O) groups is 1. The number of aryl methyl sites for hydroxylation is 1. The van der Waals surface area contributed by atoms with Gasteiger partial charge < -0.3 is 20.1 Å². The van der Waals surface area contributed by atoms with Gasteiger partial charge in [-0.05, 0) is 38.6 Å². The second-order valence-corrected chi connectivity index (χ2v) is 7.42. The lowest BCUT2D eigenvalue weighted by molar-refractivity contribution is -0.130. The highest BCUT2D eigenvalue weighted by molar-refractivity contribution is 14.0. The predicted octanol–water partition coefficient (Wildman–Crippen LogP) is 2.34. The smallest absolute Gasteiger partial charge is 0.224 e. The summed E-state index contributed by atoms with van der Waals surface area (Å²) in [5.41, 5.74) is 0. The van der Waals surface area contributed by atoms with Gasteiger partial charge in [0.1, 0.15) is 12.4 Å². The van der Waals surface area contributed by atoms with Crippen molar-refractivity contribution in [1.29, 1.82) is 0 Å². The van der Waals surface area contributed by atoms with Crippen LogP contribution in [0, 0.1) is 6.92 Å². The van der Waals surface area contributed by atoms with Crippen molar-refractivity contribution >= 4 is 47.2 Å². The molecule has 0 aliphatic rings. The second kappa shape index (κ2) is 13.5. The monoisotopic (exact) mass is 533 g/mol. The fraction of sp³-hybridized carbons (Fsp3) is 0.579. The average molecular weight is 533 g/mol. The third-order valence-corrected chi connectivity index (χ3v) is 5.49. The molecule has 0 atom stereocenters. The summed E-state index contributed by atoms with van der Waals surface area (Å²) in [6.07, 6.45) is 1.37. The van der Waals surface area contributed by atoms with Crippen molar-refractivity contribution in [2.24, 2.45) is 12.0 Å². The van der Waals surface area contributed by atoms with Gasteiger partial charge in [-0.15, -0.1) is 45.5 Å². The third-order valence-electron chi connectivity index (χ3n) is 4.55. The maximum Gasteiger partial charge on any atom is 0.224 e. The Labute approximate surface area is 194 Å². The molecule has 0 unspecified atom stereocenters. The van der Waals surface area contributed by atoms with E-state index in [9.17, 15) is 4.79 Å². The molecule has 2 rings (SSSR count). The van der Waals surface area contributed by atoms with E-state index in [2.05, 4.69) is 43.3 Å². The van der Waals surface area contributed by atoms with Gasteiger partial charge in [0, 0.05) is 44.5 Å². The van der Waals surface area contributed by atoms with Crippen LogP contribution in [0.4, 0.5) is 0 Å². The zero-order chi connectivity index (χ0) is 20.4. The predicted molar refractivity (Wildman–Crippen MR) is 129 cm³/mol. The molecule has 162 valence electrons. The molecule has 0 spiro atoms. The minimum Gasteiger partial charge on any atom is -0.356 e. The Hall–Kier alpha value is -1.69. The van der Waals surface area contributed by atoms with Crippen LogP contribution >= 0.6 is 35.3 Å². The fourth-order valence-corrected chi connectivity index (χ4v) is 3.40. The zero-order valence-electron chi connectivity index (χ0n) is 17.6. The standard InChI is InChI=1S/C19H31N7OS.HI/c1-5-26(6-2)18(27)10-12-21-19(20-11-9-16-8-7-13-28-16)22-14-17-24-23-15(3)25(17)4;/h7-8,13H,5-6,9-12,14H2,1-4H3,(H2,20,21,22);1H. The van der Waals surface area contributed by atoms with Crippen molar-refractivity contribution < 1.29 is 4.79 Å². The van der Waals surface area contributed by atoms with Crippen molar-refractivity contribution in [3.8, 4) is 0 Å². The summed E-state index contributed by atoms with van der Waals surface area (Å²) in [6, 6.07) is 4.18. The van der Waals surface area contributed by atoms with Crippen LogP contribution in [0.1, 0.15) is 36.8 Å². The molecule has 29 heavy (non-hydrogen) atoms. The minimum atomic E-state index is 0. The normalized spacial score (nSPS) is 11.1. The Bertz CT molecular complexity index is 757. The van der Waals surface area contributed by atoms with E-state index in [0.717, 1.165) is 37.7 Å². The summed E-state index contributed by atoms with van der Waals surface area (Å²) in [6.45, 7) is 9.12. The molecule has 1 amide bonds. The van der Waals surface area contributed by atoms with Crippen LogP contribution < -0.4 is 10.6 Å². The Morgan fingerprint density at radius 3 is 2.55 bits per heavy atom. The van der Waals surface area contributed by atoms with Crippen LogP contribution in [0.15, 0.2) is 22.5 Å². The molecule has 2 N–H and O–H groups in total. The van der Waals surface area contributed by atoms with E-state index in [1.807, 2.05) is 37.3 Å². The van der Waals surface area contributed by atoms with Gasteiger partial charge in [-0.1, -0.05) is 6.07 Å². The first-order valence-electron chi connectivity index (χ1n) is 9.72. The van der Waals surface area contributed by atoms with E-state index in [0.29, 0.717) is 25.5 Å². The van der Waals surface area contributed by atoms with E-state index in [1.165, 1.54) is 4.88 Å². The number of hydrogen-bond acceptors (Lipinski definition) is 5. The molecule has 0 saturated heterocycles. The number of nitrogens with one attached hydrogen (secondary N) is 2. The van der Waals surface area contributed by atoms with Gasteiger partial charge in [-0.25, -0.2) is 4.99 Å². The lowest BCUT2D eigenvalue weighted by Gasteiger charge is -2.19. The number of aliphatic imine (C=N–C) groups is 1. The van der Waals surface area contributed by atoms with Crippen molar-refractivity contribution in [3.63, 3.8) is 0 Å². The Kier molecular flexibility index (Phi) is 11.8. The third kappa shape index (κ3) is 8.29. The van der Waals surface area contributed by atoms with Gasteiger partial charge in [0.2, 0.25) is 5.91 Å². The largest absolute Gasteiger partial charge is 0.356 e. The molecule has 0 aliphatic carbocycles. The summed E-state index contributed by atoms with van der Waals surface area (Å²) in [5.74, 6) is 2.50. The molecule has 0 radical (unpaired) electrons. The van der Waals surface area contributed by atoms with Gasteiger partial charge >= 0.3 is 0 Å². The van der Waals surface area contributed by atoms with Gasteiger partial charge in [-0.3, -0.25) is 4.79 Å². The Morgan fingerprint density at radius 2 is 1.97 bits per heavy atom. The van der Waals surface area contributed by atoms with Crippen molar-refractivity contribution in [1.82, 2.24) is 30.3 Å². The number of guanidine groups is 1. The summed E-state index contributed by atoms with van der Waals surface area (Å²) < 4.78 is 1.93. The van der Waals surface area contributed by atoms with Gasteiger partial charge in [0.25, 0.3) is 0 Å². The highest BCUT2D eigenvalue weighted by Crippen LogP contribution is 2.08. The van der Waals surface area contributed by atoms with Crippen LogP contribution in [0.2, 0.25) is 0 Å². The number of nitrogens with zero attached hydrogens (tertiary/aromatic N) is 5. The number of hydrogen-bond donors (Lipinski definition) is 2. The lowest BCUT2D eigenvalue weighted by Crippen LogP contribution is -2.41. The number of carbonyl (C=O) groups excluding carboxylic acids is 1. The molecule has 2 aromatic heterocycles. The number of amides is 1. The molecule has 0 aromatic carbocycles. The molecule has 0 aliphatic heterocycles. The van der Waals surface area contributed by atoms with E-state index in [1.54, 1.807) is 11.3 Å². The molecule has 8 nitrogen and oxygen atoms in total. The molecule has 0 saturated carbocycles. The minimum absolute atomic E-state index is 0. The first kappa shape index (κ1) is 25.3. The number of rotatable bonds is 10. The first-order chi connectivity index (χ1) is 13.5. The SMILES string of the molecule is CCN(CC)C(=O)CCNC(=NCc1nnc(C)n1C)NCCc1cccs1.I. The van der Waals surface area contributed by atoms with Crippen molar-refractivity contribution in [2.75, 3.05) is 26.2 Å². The first-order valence-corrected chi connectivity index (χ1v) is 10.6. The molecule has 2 heterocycles. The van der Waals surface area contributed by atoms with Crippen LogP contribution in [0.3, 0.4) is 0 Å². The number of halogens is 1. The van der Waals surface area contributed by atoms with E-state index in [-0.39, 0.29) is 29.9 Å².